The number of carbonyl (C=O) groups is 1. The van der Waals surface area contributed by atoms with Gasteiger partial charge in [0.25, 0.3) is 0 Å². The van der Waals surface area contributed by atoms with Crippen molar-refractivity contribution in [1.29, 1.82) is 0 Å². The first kappa shape index (κ1) is 10.2. The van der Waals surface area contributed by atoms with Gasteiger partial charge in [0.05, 0.1) is 18.4 Å². The number of esters is 1. The van der Waals surface area contributed by atoms with Crippen LogP contribution in [-0.4, -0.2) is 13.1 Å². The zero-order chi connectivity index (χ0) is 10.0. The van der Waals surface area contributed by atoms with E-state index in [-0.39, 0.29) is 11.3 Å². The van der Waals surface area contributed by atoms with Crippen molar-refractivity contribution in [3.8, 4) is 0 Å². The number of nitrogen functional groups attached to an aromatic ring is 1. The van der Waals surface area contributed by atoms with Crippen LogP contribution in [0.3, 0.4) is 0 Å². The first-order valence-corrected chi connectivity index (χ1v) is 4.47. The van der Waals surface area contributed by atoms with Gasteiger partial charge < -0.3 is 10.5 Å². The third kappa shape index (κ3) is 2.09. The highest BCUT2D eigenvalue weighted by molar-refractivity contribution is 14.1. The number of carbonyl (C=O) groups excluding carboxylic acids is 1. The van der Waals surface area contributed by atoms with Gasteiger partial charge in [-0.25, -0.2) is 9.18 Å². The monoisotopic (exact) mass is 295 g/mol. The quantitative estimate of drug-likeness (QED) is 0.488. The van der Waals surface area contributed by atoms with E-state index in [0.717, 1.165) is 6.07 Å². The molecule has 0 aliphatic heterocycles. The van der Waals surface area contributed by atoms with Crippen molar-refractivity contribution in [2.45, 2.75) is 0 Å². The summed E-state index contributed by atoms with van der Waals surface area (Å²) in [5, 5.41) is 0. The minimum Gasteiger partial charge on any atom is -0.465 e. The third-order valence-corrected chi connectivity index (χ3v) is 2.39. The predicted molar refractivity (Wildman–Crippen MR) is 54.9 cm³/mol. The summed E-state index contributed by atoms with van der Waals surface area (Å²) < 4.78 is 17.9. The molecule has 1 aromatic rings. The molecule has 0 radical (unpaired) electrons. The lowest BCUT2D eigenvalue weighted by Crippen LogP contribution is -2.04. The molecule has 1 aromatic carbocycles. The smallest absolute Gasteiger partial charge is 0.337 e. The van der Waals surface area contributed by atoms with E-state index in [2.05, 4.69) is 4.74 Å². The highest BCUT2D eigenvalue weighted by Crippen LogP contribution is 2.20. The van der Waals surface area contributed by atoms with Gasteiger partial charge in [0, 0.05) is 3.57 Å². The van der Waals surface area contributed by atoms with Crippen LogP contribution in [0.2, 0.25) is 0 Å². The van der Waals surface area contributed by atoms with Crippen molar-refractivity contribution in [3.63, 3.8) is 0 Å². The van der Waals surface area contributed by atoms with Gasteiger partial charge >= 0.3 is 5.97 Å². The lowest BCUT2D eigenvalue weighted by atomic mass is 10.2. The van der Waals surface area contributed by atoms with Crippen LogP contribution in [0.15, 0.2) is 12.1 Å². The molecule has 0 aliphatic rings. The first-order valence-electron chi connectivity index (χ1n) is 3.39. The molecule has 2 N–H and O–H groups in total. The molecule has 0 spiro atoms. The van der Waals surface area contributed by atoms with Crippen molar-refractivity contribution < 1.29 is 13.9 Å². The molecule has 0 fully saturated rings. The topological polar surface area (TPSA) is 52.3 Å². The molecule has 1 rings (SSSR count). The standard InChI is InChI=1S/C8H7FINO2/c1-13-8(12)4-2-5(9)7(11)6(10)3-4/h2-3H,11H2,1H3. The van der Waals surface area contributed by atoms with Crippen molar-refractivity contribution in [2.75, 3.05) is 12.8 Å². The summed E-state index contributed by atoms with van der Waals surface area (Å²) in [5.74, 6) is -1.18. The van der Waals surface area contributed by atoms with Gasteiger partial charge in [-0.05, 0) is 34.7 Å². The molecule has 0 aliphatic carbocycles. The number of benzene rings is 1. The molecule has 0 aromatic heterocycles. The maximum atomic E-state index is 13.0. The Morgan fingerprint density at radius 1 is 1.62 bits per heavy atom. The van der Waals surface area contributed by atoms with E-state index in [1.807, 2.05) is 22.6 Å². The van der Waals surface area contributed by atoms with Crippen LogP contribution >= 0.6 is 22.6 Å². The SMILES string of the molecule is COC(=O)c1cc(F)c(N)c(I)c1. The highest BCUT2D eigenvalue weighted by Gasteiger charge is 2.11. The van der Waals surface area contributed by atoms with Crippen LogP contribution in [0.25, 0.3) is 0 Å². The molecular formula is C8H7FINO2. The summed E-state index contributed by atoms with van der Waals surface area (Å²) in [6.45, 7) is 0. The van der Waals surface area contributed by atoms with Gasteiger partial charge in [-0.3, -0.25) is 0 Å². The molecule has 0 saturated carbocycles. The van der Waals surface area contributed by atoms with Gasteiger partial charge in [-0.2, -0.15) is 0 Å². The van der Waals surface area contributed by atoms with E-state index in [1.165, 1.54) is 13.2 Å². The van der Waals surface area contributed by atoms with Crippen molar-refractivity contribution in [1.82, 2.24) is 0 Å². The molecule has 70 valence electrons. The maximum Gasteiger partial charge on any atom is 0.337 e. The summed E-state index contributed by atoms with van der Waals surface area (Å²) >= 11 is 1.85. The zero-order valence-electron chi connectivity index (χ0n) is 6.80. The Labute approximate surface area is 88.2 Å². The molecule has 5 heteroatoms. The minimum atomic E-state index is -0.604. The summed E-state index contributed by atoms with van der Waals surface area (Å²) in [6.07, 6.45) is 0. The van der Waals surface area contributed by atoms with E-state index in [0.29, 0.717) is 3.57 Å². The normalized spacial score (nSPS) is 9.77. The Bertz CT molecular complexity index is 331. The Kier molecular flexibility index (Phi) is 3.07. The van der Waals surface area contributed by atoms with Crippen molar-refractivity contribution >= 4 is 34.2 Å². The van der Waals surface area contributed by atoms with Crippen LogP contribution in [0.4, 0.5) is 10.1 Å². The average molecular weight is 295 g/mol. The number of hydrogen-bond acceptors (Lipinski definition) is 3. The molecule has 0 unspecified atom stereocenters. The van der Waals surface area contributed by atoms with Gasteiger partial charge in [0.2, 0.25) is 0 Å². The molecule has 0 heterocycles. The molecule has 0 amide bonds. The molecule has 13 heavy (non-hydrogen) atoms. The molecule has 0 saturated heterocycles. The van der Waals surface area contributed by atoms with Gasteiger partial charge in [-0.15, -0.1) is 0 Å². The number of halogens is 2. The highest BCUT2D eigenvalue weighted by atomic mass is 127. The maximum absolute atomic E-state index is 13.0. The van der Waals surface area contributed by atoms with E-state index >= 15 is 0 Å². The summed E-state index contributed by atoms with van der Waals surface area (Å²) in [4.78, 5) is 11.0. The first-order chi connectivity index (χ1) is 6.06. The zero-order valence-corrected chi connectivity index (χ0v) is 8.96. The van der Waals surface area contributed by atoms with Crippen LogP contribution in [0, 0.1) is 9.39 Å². The summed E-state index contributed by atoms with van der Waals surface area (Å²) in [5.41, 5.74) is 5.57. The van der Waals surface area contributed by atoms with Gasteiger partial charge in [0.1, 0.15) is 5.82 Å². The Balaban J connectivity index is 3.20. The molecule has 3 nitrogen and oxygen atoms in total. The lowest BCUT2D eigenvalue weighted by molar-refractivity contribution is 0.0600. The second-order valence-corrected chi connectivity index (χ2v) is 3.51. The third-order valence-electron chi connectivity index (χ3n) is 1.50. The van der Waals surface area contributed by atoms with Gasteiger partial charge in [0.15, 0.2) is 0 Å². The molecular weight excluding hydrogens is 288 g/mol. The van der Waals surface area contributed by atoms with Crippen molar-refractivity contribution in [2.24, 2.45) is 0 Å². The number of rotatable bonds is 1. The van der Waals surface area contributed by atoms with E-state index in [9.17, 15) is 9.18 Å². The molecule has 0 atom stereocenters. The summed E-state index contributed by atoms with van der Waals surface area (Å²) in [7, 11) is 1.24. The Hall–Kier alpha value is -0.850. The number of ether oxygens (including phenoxy) is 1. The van der Waals surface area contributed by atoms with E-state index in [4.69, 9.17) is 5.73 Å². The average Bonchev–Trinajstić information content (AvgIpc) is 2.12. The second-order valence-electron chi connectivity index (χ2n) is 2.35. The Morgan fingerprint density at radius 2 is 2.23 bits per heavy atom. The Morgan fingerprint density at radius 3 is 2.69 bits per heavy atom. The fourth-order valence-electron chi connectivity index (χ4n) is 0.820. The van der Waals surface area contributed by atoms with Crippen molar-refractivity contribution in [3.05, 3.63) is 27.1 Å². The fourth-order valence-corrected chi connectivity index (χ4v) is 1.41. The van der Waals surface area contributed by atoms with Crippen LogP contribution in [-0.2, 0) is 4.74 Å². The largest absolute Gasteiger partial charge is 0.465 e. The summed E-state index contributed by atoms with van der Waals surface area (Å²) in [6, 6.07) is 2.54. The second kappa shape index (κ2) is 3.91. The van der Waals surface area contributed by atoms with Crippen LogP contribution < -0.4 is 5.73 Å². The van der Waals surface area contributed by atoms with Crippen LogP contribution in [0.5, 0.6) is 0 Å². The number of anilines is 1. The minimum absolute atomic E-state index is 0.0493. The van der Waals surface area contributed by atoms with E-state index in [1.54, 1.807) is 0 Å². The number of hydrogen-bond donors (Lipinski definition) is 1. The van der Waals surface area contributed by atoms with E-state index < -0.39 is 11.8 Å². The van der Waals surface area contributed by atoms with Crippen LogP contribution in [0.1, 0.15) is 10.4 Å². The lowest BCUT2D eigenvalue weighted by Gasteiger charge is -2.03. The fraction of sp³-hybridized carbons (Fsp3) is 0.125. The molecule has 0 bridgehead atoms. The predicted octanol–water partition coefficient (Wildman–Crippen LogP) is 1.80. The number of nitrogens with two attached hydrogens (primary N) is 1. The number of methoxy groups -OCH3 is 1. The van der Waals surface area contributed by atoms with Gasteiger partial charge in [-0.1, -0.05) is 0 Å².